The minimum Gasteiger partial charge on any atom is -0.479 e. The number of rotatable bonds is 10. The molecule has 0 fully saturated rings. The largest absolute Gasteiger partial charge is 0.479 e. The summed E-state index contributed by atoms with van der Waals surface area (Å²) in [7, 11) is -3.91. The average molecular weight is 467 g/mol. The summed E-state index contributed by atoms with van der Waals surface area (Å²) in [5.41, 5.74) is 5.73. The second kappa shape index (κ2) is 11.1. The SMILES string of the molecule is [NH3+]C(c1ccccc1)P(=O)(O)C[C@@H](Cc1ccccc1)C(=O)N[C@H](C(=O)O)c1ccccc1. The van der Waals surface area contributed by atoms with Crippen molar-refractivity contribution in [2.75, 3.05) is 6.16 Å². The van der Waals surface area contributed by atoms with E-state index in [-0.39, 0.29) is 12.6 Å². The first-order chi connectivity index (χ1) is 15.8. The number of carbonyl (C=O) groups excluding carboxylic acids is 1. The Labute approximate surface area is 192 Å². The number of benzene rings is 3. The Morgan fingerprint density at radius 3 is 1.85 bits per heavy atom. The van der Waals surface area contributed by atoms with Crippen molar-refractivity contribution in [1.29, 1.82) is 0 Å². The molecule has 0 radical (unpaired) electrons. The van der Waals surface area contributed by atoms with Crippen LogP contribution < -0.4 is 11.1 Å². The molecule has 6 N–H and O–H groups in total. The van der Waals surface area contributed by atoms with Gasteiger partial charge in [0.25, 0.3) is 7.37 Å². The van der Waals surface area contributed by atoms with Crippen LogP contribution in [0.3, 0.4) is 0 Å². The monoisotopic (exact) mass is 467 g/mol. The summed E-state index contributed by atoms with van der Waals surface area (Å²) in [5, 5.41) is 12.3. The second-order valence-electron chi connectivity index (χ2n) is 7.94. The molecule has 1 amide bonds. The number of hydrogen-bond acceptors (Lipinski definition) is 3. The molecular weight excluding hydrogens is 439 g/mol. The van der Waals surface area contributed by atoms with Crippen LogP contribution in [0.1, 0.15) is 28.5 Å². The van der Waals surface area contributed by atoms with Gasteiger partial charge >= 0.3 is 5.97 Å². The maximum atomic E-state index is 13.3. The molecule has 172 valence electrons. The third kappa shape index (κ3) is 6.62. The lowest BCUT2D eigenvalue weighted by atomic mass is 9.99. The maximum Gasteiger partial charge on any atom is 0.330 e. The van der Waals surface area contributed by atoms with E-state index < -0.39 is 37.0 Å². The molecular formula is C25H28N2O5P+. The summed E-state index contributed by atoms with van der Waals surface area (Å²) >= 11 is 0. The fourth-order valence-electron chi connectivity index (χ4n) is 3.68. The minimum absolute atomic E-state index is 0.194. The molecule has 0 aliphatic heterocycles. The van der Waals surface area contributed by atoms with E-state index >= 15 is 0 Å². The van der Waals surface area contributed by atoms with Crippen molar-refractivity contribution in [3.63, 3.8) is 0 Å². The van der Waals surface area contributed by atoms with Crippen molar-refractivity contribution in [3.05, 3.63) is 108 Å². The molecule has 0 bridgehead atoms. The van der Waals surface area contributed by atoms with E-state index in [0.717, 1.165) is 5.56 Å². The first-order valence-electron chi connectivity index (χ1n) is 10.6. The number of carboxylic acids is 1. The third-order valence-corrected chi connectivity index (χ3v) is 7.75. The normalized spacial score (nSPS) is 15.6. The van der Waals surface area contributed by atoms with Crippen molar-refractivity contribution in [3.8, 4) is 0 Å². The van der Waals surface area contributed by atoms with E-state index in [1.807, 2.05) is 30.3 Å². The predicted octanol–water partition coefficient (Wildman–Crippen LogP) is 3.00. The first-order valence-corrected chi connectivity index (χ1v) is 12.5. The van der Waals surface area contributed by atoms with Gasteiger partial charge in [-0.25, -0.2) is 4.79 Å². The van der Waals surface area contributed by atoms with Gasteiger partial charge in [-0.1, -0.05) is 91.0 Å². The quantitative estimate of drug-likeness (QED) is 0.341. The van der Waals surface area contributed by atoms with E-state index in [0.29, 0.717) is 11.1 Å². The molecule has 3 aromatic carbocycles. The van der Waals surface area contributed by atoms with Gasteiger partial charge in [0, 0.05) is 11.7 Å². The fourth-order valence-corrected chi connectivity index (χ4v) is 5.50. The van der Waals surface area contributed by atoms with E-state index in [4.69, 9.17) is 0 Å². The van der Waals surface area contributed by atoms with Gasteiger partial charge in [-0.05, 0) is 17.5 Å². The Morgan fingerprint density at radius 2 is 1.33 bits per heavy atom. The highest BCUT2D eigenvalue weighted by molar-refractivity contribution is 7.58. The number of hydrogen-bond donors (Lipinski definition) is 4. The van der Waals surface area contributed by atoms with Crippen LogP contribution in [-0.2, 0) is 20.6 Å². The van der Waals surface area contributed by atoms with Crippen molar-refractivity contribution in [1.82, 2.24) is 5.32 Å². The number of amides is 1. The summed E-state index contributed by atoms with van der Waals surface area (Å²) in [6, 6.07) is 25.0. The summed E-state index contributed by atoms with van der Waals surface area (Å²) in [4.78, 5) is 36.0. The van der Waals surface area contributed by atoms with Gasteiger partial charge in [0.1, 0.15) is 0 Å². The molecule has 8 heteroatoms. The Balaban J connectivity index is 1.86. The minimum atomic E-state index is -3.91. The lowest BCUT2D eigenvalue weighted by Gasteiger charge is -2.24. The highest BCUT2D eigenvalue weighted by Crippen LogP contribution is 2.52. The van der Waals surface area contributed by atoms with Gasteiger partial charge in [-0.3, -0.25) is 9.36 Å². The fraction of sp³-hybridized carbons (Fsp3) is 0.200. The molecule has 0 aliphatic rings. The smallest absolute Gasteiger partial charge is 0.330 e. The van der Waals surface area contributed by atoms with Crippen LogP contribution in [0.15, 0.2) is 91.0 Å². The Morgan fingerprint density at radius 1 is 0.848 bits per heavy atom. The molecule has 0 heterocycles. The van der Waals surface area contributed by atoms with E-state index in [9.17, 15) is 24.2 Å². The van der Waals surface area contributed by atoms with Gasteiger partial charge in [0.05, 0.1) is 5.92 Å². The zero-order valence-corrected chi connectivity index (χ0v) is 19.0. The summed E-state index contributed by atoms with van der Waals surface area (Å²) in [6.45, 7) is 0. The number of nitrogens with one attached hydrogen (secondary N) is 1. The standard InChI is InChI=1S/C25H27N2O5P/c26-23(20-14-8-3-9-15-20)33(31,32)17-21(16-18-10-4-1-5-11-18)24(28)27-22(25(29)30)19-12-6-2-7-13-19/h1-15,21-23H,16-17,26H2,(H,27,28)(H,29,30)(H,31,32)/p+1/t21-,22+,23?/m1/s1. The molecule has 4 atom stereocenters. The molecule has 0 spiro atoms. The first kappa shape index (κ1) is 24.4. The third-order valence-electron chi connectivity index (χ3n) is 5.52. The molecule has 0 aliphatic carbocycles. The van der Waals surface area contributed by atoms with Crippen molar-refractivity contribution < 1.29 is 29.9 Å². The Hall–Kier alpha value is -3.25. The topological polar surface area (TPSA) is 131 Å². The van der Waals surface area contributed by atoms with Crippen molar-refractivity contribution in [2.45, 2.75) is 18.2 Å². The zero-order valence-electron chi connectivity index (χ0n) is 18.1. The van der Waals surface area contributed by atoms with Crippen LogP contribution in [0.25, 0.3) is 0 Å². The van der Waals surface area contributed by atoms with Gasteiger partial charge in [0.2, 0.25) is 5.91 Å². The number of quaternary nitrogens is 1. The predicted molar refractivity (Wildman–Crippen MR) is 125 cm³/mol. The molecule has 0 saturated carbocycles. The molecule has 0 saturated heterocycles. The van der Waals surface area contributed by atoms with Gasteiger partial charge in [-0.2, -0.15) is 0 Å². The van der Waals surface area contributed by atoms with Crippen LogP contribution in [0.5, 0.6) is 0 Å². The van der Waals surface area contributed by atoms with Gasteiger partial charge < -0.3 is 21.1 Å². The van der Waals surface area contributed by atoms with Gasteiger partial charge in [-0.15, -0.1) is 0 Å². The van der Waals surface area contributed by atoms with Gasteiger partial charge in [0.15, 0.2) is 11.8 Å². The Bertz CT molecular complexity index is 1110. The van der Waals surface area contributed by atoms with Crippen molar-refractivity contribution in [2.24, 2.45) is 5.92 Å². The van der Waals surface area contributed by atoms with Crippen molar-refractivity contribution >= 4 is 19.2 Å². The molecule has 7 nitrogen and oxygen atoms in total. The lowest BCUT2D eigenvalue weighted by Crippen LogP contribution is -2.54. The van der Waals surface area contributed by atoms with Crippen LogP contribution in [0.2, 0.25) is 0 Å². The number of carbonyl (C=O) groups is 2. The highest BCUT2D eigenvalue weighted by Gasteiger charge is 2.38. The average Bonchev–Trinajstić information content (AvgIpc) is 2.83. The number of carboxylic acid groups (broad SMARTS) is 1. The molecule has 0 aromatic heterocycles. The van der Waals surface area contributed by atoms with Crippen LogP contribution in [0.4, 0.5) is 0 Å². The zero-order chi connectivity index (χ0) is 23.8. The van der Waals surface area contributed by atoms with Crippen LogP contribution >= 0.6 is 7.37 Å². The molecule has 33 heavy (non-hydrogen) atoms. The Kier molecular flexibility index (Phi) is 8.17. The van der Waals surface area contributed by atoms with E-state index in [2.05, 4.69) is 11.1 Å². The van der Waals surface area contributed by atoms with E-state index in [1.54, 1.807) is 60.7 Å². The second-order valence-corrected chi connectivity index (χ2v) is 10.4. The van der Waals surface area contributed by atoms with E-state index in [1.165, 1.54) is 0 Å². The lowest BCUT2D eigenvalue weighted by molar-refractivity contribution is -0.397. The summed E-state index contributed by atoms with van der Waals surface area (Å²) in [5.74, 6) is -3.62. The highest BCUT2D eigenvalue weighted by atomic mass is 31.2. The van der Waals surface area contributed by atoms with Crippen LogP contribution in [-0.4, -0.2) is 28.0 Å². The molecule has 2 unspecified atom stereocenters. The summed E-state index contributed by atoms with van der Waals surface area (Å²) in [6.07, 6.45) is -0.127. The molecule has 3 aromatic rings. The maximum absolute atomic E-state index is 13.3. The molecule has 3 rings (SSSR count). The summed E-state index contributed by atoms with van der Waals surface area (Å²) < 4.78 is 13.3. The van der Waals surface area contributed by atoms with Crippen LogP contribution in [0, 0.1) is 5.92 Å². The number of aliphatic carboxylic acids is 1.